The first-order valence-electron chi connectivity index (χ1n) is 5.69. The Hall–Kier alpha value is -2.34. The zero-order valence-electron chi connectivity index (χ0n) is 10.1. The van der Waals surface area contributed by atoms with Crippen LogP contribution >= 0.6 is 0 Å². The molecule has 2 aromatic carbocycles. The summed E-state index contributed by atoms with van der Waals surface area (Å²) in [7, 11) is 0. The van der Waals surface area contributed by atoms with Crippen LogP contribution in [0.15, 0.2) is 42.5 Å². The monoisotopic (exact) mass is 240 g/mol. The quantitative estimate of drug-likeness (QED) is 0.889. The summed E-state index contributed by atoms with van der Waals surface area (Å²) in [5.41, 5.74) is 2.87. The Labute approximate surface area is 106 Å². The molecule has 0 bridgehead atoms. The topological polar surface area (TPSA) is 35.8 Å². The van der Waals surface area contributed by atoms with E-state index in [0.717, 1.165) is 5.56 Å². The highest BCUT2D eigenvalue weighted by Gasteiger charge is 2.06. The number of aryl methyl sites for hydroxylation is 1. The van der Waals surface area contributed by atoms with Crippen molar-refractivity contribution < 1.29 is 4.39 Å². The Morgan fingerprint density at radius 1 is 1.17 bits per heavy atom. The van der Waals surface area contributed by atoms with Gasteiger partial charge in [0, 0.05) is 6.54 Å². The van der Waals surface area contributed by atoms with Gasteiger partial charge in [-0.15, -0.1) is 0 Å². The van der Waals surface area contributed by atoms with Gasteiger partial charge in [-0.25, -0.2) is 4.39 Å². The summed E-state index contributed by atoms with van der Waals surface area (Å²) in [5.74, 6) is -0.494. The van der Waals surface area contributed by atoms with Gasteiger partial charge in [0.2, 0.25) is 0 Å². The Morgan fingerprint density at radius 3 is 2.56 bits per heavy atom. The molecule has 0 fully saturated rings. The zero-order chi connectivity index (χ0) is 13.0. The summed E-state index contributed by atoms with van der Waals surface area (Å²) < 4.78 is 13.4. The number of nitrogens with one attached hydrogen (secondary N) is 1. The van der Waals surface area contributed by atoms with Gasteiger partial charge >= 0.3 is 0 Å². The molecule has 90 valence electrons. The highest BCUT2D eigenvalue weighted by atomic mass is 19.1. The highest BCUT2D eigenvalue weighted by molar-refractivity contribution is 5.58. The molecule has 2 aromatic rings. The second-order valence-corrected chi connectivity index (χ2v) is 4.11. The standard InChI is InChI=1S/C15H13FN2/c1-11-5-7-12(8-6-11)10-18-15-4-2-3-14(16)13(15)9-17/h2-8,18H,10H2,1H3. The molecule has 0 aliphatic rings. The smallest absolute Gasteiger partial charge is 0.143 e. The van der Waals surface area contributed by atoms with E-state index in [1.54, 1.807) is 12.1 Å². The van der Waals surface area contributed by atoms with E-state index in [0.29, 0.717) is 12.2 Å². The third kappa shape index (κ3) is 2.67. The average Bonchev–Trinajstić information content (AvgIpc) is 2.38. The predicted molar refractivity (Wildman–Crippen MR) is 69.6 cm³/mol. The van der Waals surface area contributed by atoms with Crippen LogP contribution in [0.3, 0.4) is 0 Å². The Balaban J connectivity index is 2.14. The molecule has 0 aliphatic carbocycles. The summed E-state index contributed by atoms with van der Waals surface area (Å²) in [5, 5.41) is 12.0. The summed E-state index contributed by atoms with van der Waals surface area (Å²) in [6, 6.07) is 14.5. The maximum absolute atomic E-state index is 13.4. The van der Waals surface area contributed by atoms with Crippen LogP contribution in [0.4, 0.5) is 10.1 Å². The first kappa shape index (κ1) is 12.1. The third-order valence-electron chi connectivity index (χ3n) is 2.73. The molecule has 3 heteroatoms. The van der Waals surface area contributed by atoms with E-state index >= 15 is 0 Å². The first-order valence-corrected chi connectivity index (χ1v) is 5.69. The predicted octanol–water partition coefficient (Wildman–Crippen LogP) is 3.62. The minimum Gasteiger partial charge on any atom is -0.380 e. The van der Waals surface area contributed by atoms with Crippen molar-refractivity contribution in [2.24, 2.45) is 0 Å². The van der Waals surface area contributed by atoms with Crippen molar-refractivity contribution in [3.63, 3.8) is 0 Å². The number of nitrogens with zero attached hydrogens (tertiary/aromatic N) is 1. The molecule has 0 amide bonds. The molecule has 0 saturated heterocycles. The molecule has 0 aromatic heterocycles. The SMILES string of the molecule is Cc1ccc(CNc2cccc(F)c2C#N)cc1. The second-order valence-electron chi connectivity index (χ2n) is 4.11. The van der Waals surface area contributed by atoms with E-state index in [1.807, 2.05) is 37.3 Å². The van der Waals surface area contributed by atoms with Crippen LogP contribution in [-0.4, -0.2) is 0 Å². The molecular weight excluding hydrogens is 227 g/mol. The highest BCUT2D eigenvalue weighted by Crippen LogP contribution is 2.18. The number of rotatable bonds is 3. The molecule has 1 N–H and O–H groups in total. The van der Waals surface area contributed by atoms with Crippen LogP contribution < -0.4 is 5.32 Å². The van der Waals surface area contributed by atoms with Gasteiger partial charge in [-0.2, -0.15) is 5.26 Å². The van der Waals surface area contributed by atoms with Crippen LogP contribution in [0.2, 0.25) is 0 Å². The van der Waals surface area contributed by atoms with Crippen molar-refractivity contribution in [1.82, 2.24) is 0 Å². The minimum atomic E-state index is -0.494. The lowest BCUT2D eigenvalue weighted by molar-refractivity contribution is 0.624. The van der Waals surface area contributed by atoms with Crippen LogP contribution in [-0.2, 0) is 6.54 Å². The molecular formula is C15H13FN2. The Kier molecular flexibility index (Phi) is 3.59. The minimum absolute atomic E-state index is 0.0598. The lowest BCUT2D eigenvalue weighted by Gasteiger charge is -2.08. The number of hydrogen-bond acceptors (Lipinski definition) is 2. The molecule has 18 heavy (non-hydrogen) atoms. The van der Waals surface area contributed by atoms with E-state index in [4.69, 9.17) is 5.26 Å². The number of halogens is 1. The van der Waals surface area contributed by atoms with Crippen molar-refractivity contribution in [2.45, 2.75) is 13.5 Å². The van der Waals surface area contributed by atoms with Crippen LogP contribution in [0.5, 0.6) is 0 Å². The fraction of sp³-hybridized carbons (Fsp3) is 0.133. The normalized spacial score (nSPS) is 9.83. The summed E-state index contributed by atoms with van der Waals surface area (Å²) >= 11 is 0. The molecule has 0 atom stereocenters. The van der Waals surface area contributed by atoms with Gasteiger partial charge in [0.05, 0.1) is 5.69 Å². The largest absolute Gasteiger partial charge is 0.380 e. The van der Waals surface area contributed by atoms with E-state index < -0.39 is 5.82 Å². The lowest BCUT2D eigenvalue weighted by atomic mass is 10.1. The van der Waals surface area contributed by atoms with Gasteiger partial charge in [-0.3, -0.25) is 0 Å². The van der Waals surface area contributed by atoms with E-state index in [1.165, 1.54) is 11.6 Å². The Bertz CT molecular complexity index is 582. The zero-order valence-corrected chi connectivity index (χ0v) is 10.1. The van der Waals surface area contributed by atoms with Gasteiger partial charge in [-0.05, 0) is 24.6 Å². The van der Waals surface area contributed by atoms with E-state index in [9.17, 15) is 4.39 Å². The van der Waals surface area contributed by atoms with Gasteiger partial charge in [0.1, 0.15) is 17.4 Å². The molecule has 0 radical (unpaired) electrons. The number of hydrogen-bond donors (Lipinski definition) is 1. The molecule has 0 aliphatic heterocycles. The third-order valence-corrected chi connectivity index (χ3v) is 2.73. The van der Waals surface area contributed by atoms with Crippen molar-refractivity contribution in [1.29, 1.82) is 5.26 Å². The number of benzene rings is 2. The van der Waals surface area contributed by atoms with Crippen LogP contribution in [0, 0.1) is 24.1 Å². The average molecular weight is 240 g/mol. The summed E-state index contributed by atoms with van der Waals surface area (Å²) in [6.45, 7) is 2.59. The van der Waals surface area contributed by atoms with E-state index in [2.05, 4.69) is 5.32 Å². The first-order chi connectivity index (χ1) is 8.70. The maximum atomic E-state index is 13.4. The Morgan fingerprint density at radius 2 is 1.89 bits per heavy atom. The van der Waals surface area contributed by atoms with Crippen molar-refractivity contribution in [3.8, 4) is 6.07 Å². The second kappa shape index (κ2) is 5.33. The van der Waals surface area contributed by atoms with Crippen molar-refractivity contribution >= 4 is 5.69 Å². The fourth-order valence-electron chi connectivity index (χ4n) is 1.69. The van der Waals surface area contributed by atoms with Crippen molar-refractivity contribution in [2.75, 3.05) is 5.32 Å². The number of anilines is 1. The van der Waals surface area contributed by atoms with Crippen LogP contribution in [0.1, 0.15) is 16.7 Å². The lowest BCUT2D eigenvalue weighted by Crippen LogP contribution is -2.02. The van der Waals surface area contributed by atoms with Gasteiger partial charge < -0.3 is 5.32 Å². The molecule has 0 saturated carbocycles. The number of nitriles is 1. The van der Waals surface area contributed by atoms with Crippen LogP contribution in [0.25, 0.3) is 0 Å². The fourth-order valence-corrected chi connectivity index (χ4v) is 1.69. The molecule has 2 rings (SSSR count). The molecule has 0 unspecified atom stereocenters. The molecule has 0 spiro atoms. The molecule has 2 nitrogen and oxygen atoms in total. The summed E-state index contributed by atoms with van der Waals surface area (Å²) in [6.07, 6.45) is 0. The van der Waals surface area contributed by atoms with Gasteiger partial charge in [0.15, 0.2) is 0 Å². The molecule has 0 heterocycles. The van der Waals surface area contributed by atoms with Gasteiger partial charge in [-0.1, -0.05) is 35.9 Å². The summed E-state index contributed by atoms with van der Waals surface area (Å²) in [4.78, 5) is 0. The van der Waals surface area contributed by atoms with Gasteiger partial charge in [0.25, 0.3) is 0 Å². The van der Waals surface area contributed by atoms with E-state index in [-0.39, 0.29) is 5.56 Å². The maximum Gasteiger partial charge on any atom is 0.143 e. The van der Waals surface area contributed by atoms with Crippen molar-refractivity contribution in [3.05, 3.63) is 65.0 Å².